The van der Waals surface area contributed by atoms with Crippen LogP contribution in [0.3, 0.4) is 0 Å². The molecule has 1 aromatic carbocycles. The van der Waals surface area contributed by atoms with E-state index in [9.17, 15) is 10.5 Å². The van der Waals surface area contributed by atoms with Gasteiger partial charge in [-0.2, -0.15) is 10.5 Å². The van der Waals surface area contributed by atoms with Gasteiger partial charge in [0.2, 0.25) is 6.79 Å². The zero-order valence-corrected chi connectivity index (χ0v) is 13.4. The second kappa shape index (κ2) is 4.23. The van der Waals surface area contributed by atoms with Crippen LogP contribution in [0.4, 0.5) is 0 Å². The fraction of sp³-hybridized carbons (Fsp3) is 0.471. The Kier molecular flexibility index (Phi) is 2.46. The van der Waals surface area contributed by atoms with Crippen molar-refractivity contribution in [1.29, 1.82) is 10.5 Å². The van der Waals surface area contributed by atoms with Crippen molar-refractivity contribution in [3.05, 3.63) is 23.8 Å². The number of rotatable bonds is 1. The van der Waals surface area contributed by atoms with Crippen molar-refractivity contribution in [1.82, 2.24) is 0 Å². The zero-order chi connectivity index (χ0) is 17.4. The van der Waals surface area contributed by atoms with Gasteiger partial charge in [-0.1, -0.05) is 6.07 Å². The molecule has 25 heavy (non-hydrogen) atoms. The van der Waals surface area contributed by atoms with Gasteiger partial charge in [-0.05, 0) is 24.6 Å². The quantitative estimate of drug-likeness (QED) is 0.677. The lowest BCUT2D eigenvalue weighted by molar-refractivity contribution is -0.677. The topological polar surface area (TPSA) is 124 Å². The average Bonchev–Trinajstić information content (AvgIpc) is 2.90. The molecule has 1 saturated heterocycles. The highest BCUT2D eigenvalue weighted by atomic mass is 16.8. The Labute approximate surface area is 143 Å². The molecule has 0 aromatic heterocycles. The maximum atomic E-state index is 10.1. The molecule has 3 N–H and O–H groups in total. The lowest BCUT2D eigenvalue weighted by Crippen LogP contribution is -2.90. The molecule has 0 bridgehead atoms. The van der Waals surface area contributed by atoms with E-state index in [0.717, 1.165) is 5.56 Å². The summed E-state index contributed by atoms with van der Waals surface area (Å²) >= 11 is 0. The molecule has 1 aromatic rings. The predicted molar refractivity (Wildman–Crippen MR) is 80.8 cm³/mol. The number of nitrogens with one attached hydrogen (secondary N) is 1. The summed E-state index contributed by atoms with van der Waals surface area (Å²) in [6, 6.07) is 9.95. The van der Waals surface area contributed by atoms with E-state index in [1.807, 2.05) is 13.0 Å². The van der Waals surface area contributed by atoms with Gasteiger partial charge < -0.3 is 18.9 Å². The van der Waals surface area contributed by atoms with Crippen LogP contribution in [0.1, 0.15) is 18.4 Å². The first kappa shape index (κ1) is 14.5. The van der Waals surface area contributed by atoms with E-state index in [-0.39, 0.29) is 18.7 Å². The van der Waals surface area contributed by atoms with E-state index in [1.165, 1.54) is 0 Å². The third kappa shape index (κ3) is 1.34. The summed E-state index contributed by atoms with van der Waals surface area (Å²) in [6.45, 7) is 2.32. The van der Waals surface area contributed by atoms with Crippen LogP contribution < -0.4 is 20.2 Å². The van der Waals surface area contributed by atoms with Gasteiger partial charge in [0.15, 0.2) is 22.3 Å². The van der Waals surface area contributed by atoms with Crippen LogP contribution in [-0.4, -0.2) is 31.3 Å². The molecular formula is C17H15N4O4+. The molecule has 8 heteroatoms. The first-order chi connectivity index (χ1) is 12.0. The first-order valence-corrected chi connectivity index (χ1v) is 7.99. The van der Waals surface area contributed by atoms with Crippen molar-refractivity contribution < 1.29 is 23.9 Å². The van der Waals surface area contributed by atoms with Crippen molar-refractivity contribution in [3.8, 4) is 23.6 Å². The highest BCUT2D eigenvalue weighted by molar-refractivity contribution is 5.95. The normalized spacial score (nSPS) is 42.6. The summed E-state index contributed by atoms with van der Waals surface area (Å²) in [5.41, 5.74) is 4.46. The van der Waals surface area contributed by atoms with E-state index in [4.69, 9.17) is 24.7 Å². The number of hydrogen-bond donors (Lipinski definition) is 2. The monoisotopic (exact) mass is 339 g/mol. The Morgan fingerprint density at radius 1 is 1.24 bits per heavy atom. The average molecular weight is 339 g/mol. The van der Waals surface area contributed by atoms with E-state index in [1.54, 1.807) is 12.1 Å². The van der Waals surface area contributed by atoms with Crippen LogP contribution in [0.5, 0.6) is 11.5 Å². The van der Waals surface area contributed by atoms with Crippen molar-refractivity contribution >= 4 is 5.84 Å². The second-order valence-corrected chi connectivity index (χ2v) is 6.78. The van der Waals surface area contributed by atoms with Gasteiger partial charge in [0.1, 0.15) is 0 Å². The molecule has 126 valence electrons. The van der Waals surface area contributed by atoms with E-state index >= 15 is 0 Å². The third-order valence-electron chi connectivity index (χ3n) is 5.62. The molecule has 1 spiro atoms. The minimum atomic E-state index is -1.41. The molecule has 1 saturated carbocycles. The summed E-state index contributed by atoms with van der Waals surface area (Å²) in [4.78, 5) is 2.94. The van der Waals surface area contributed by atoms with Crippen LogP contribution >= 0.6 is 0 Å². The smallest absolute Gasteiger partial charge is 0.343 e. The molecule has 4 aliphatic rings. The maximum Gasteiger partial charge on any atom is 0.343 e. The largest absolute Gasteiger partial charge is 0.454 e. The fourth-order valence-corrected chi connectivity index (χ4v) is 4.56. The van der Waals surface area contributed by atoms with E-state index < -0.39 is 22.7 Å². The third-order valence-corrected chi connectivity index (χ3v) is 5.62. The molecule has 5 rings (SSSR count). The number of nitrogens with zero attached hydrogens (tertiary/aromatic N) is 2. The molecule has 2 fully saturated rings. The Balaban J connectivity index is 1.68. The summed E-state index contributed by atoms with van der Waals surface area (Å²) in [5.74, 6) is -0.476. The van der Waals surface area contributed by atoms with E-state index in [0.29, 0.717) is 18.1 Å². The first-order valence-electron chi connectivity index (χ1n) is 7.99. The van der Waals surface area contributed by atoms with Gasteiger partial charge >= 0.3 is 5.91 Å². The van der Waals surface area contributed by atoms with Crippen molar-refractivity contribution in [2.45, 2.75) is 24.9 Å². The van der Waals surface area contributed by atoms with Gasteiger partial charge in [0.25, 0.3) is 5.84 Å². The Hall–Kier alpha value is -2.81. The maximum absolute atomic E-state index is 10.1. The molecule has 1 aliphatic carbocycles. The van der Waals surface area contributed by atoms with Crippen LogP contribution in [-0.2, 0) is 9.47 Å². The Morgan fingerprint density at radius 3 is 2.72 bits per heavy atom. The molecule has 0 unspecified atom stereocenters. The van der Waals surface area contributed by atoms with Crippen LogP contribution in [0.15, 0.2) is 18.2 Å². The second-order valence-electron chi connectivity index (χ2n) is 6.78. The molecule has 3 aliphatic heterocycles. The fourth-order valence-electron chi connectivity index (χ4n) is 4.56. The molecule has 5 atom stereocenters. The number of hydrogen-bond acceptors (Lipinski definition) is 7. The minimum absolute atomic E-state index is 0.153. The number of nitrogens with two attached hydrogens (primary N) is 1. The van der Waals surface area contributed by atoms with E-state index in [2.05, 4.69) is 17.1 Å². The number of amidine groups is 1. The minimum Gasteiger partial charge on any atom is -0.454 e. The highest BCUT2D eigenvalue weighted by Crippen LogP contribution is 2.79. The molecule has 8 nitrogen and oxygen atoms in total. The van der Waals surface area contributed by atoms with Crippen molar-refractivity contribution in [2.75, 3.05) is 13.4 Å². The zero-order valence-electron chi connectivity index (χ0n) is 13.4. The molecule has 3 heterocycles. The van der Waals surface area contributed by atoms with Gasteiger partial charge in [-0.3, -0.25) is 5.73 Å². The lowest BCUT2D eigenvalue weighted by Gasteiger charge is -2.24. The number of ether oxygens (including phenoxy) is 4. The van der Waals surface area contributed by atoms with Crippen LogP contribution in [0, 0.1) is 33.5 Å². The highest BCUT2D eigenvalue weighted by Gasteiger charge is 2.97. The SMILES string of the molecule is C[C@H]1CO[C@@]2([NH+]=C(N)[C@@]3(C#N)[C@@H](c4ccc5c(c4)OCO5)[C@@]23C#N)O1. The van der Waals surface area contributed by atoms with Crippen LogP contribution in [0.25, 0.3) is 0 Å². The van der Waals surface area contributed by atoms with Gasteiger partial charge in [0.05, 0.1) is 24.8 Å². The number of nitriles is 2. The molecular weight excluding hydrogens is 324 g/mol. The van der Waals surface area contributed by atoms with Gasteiger partial charge in [0, 0.05) is 5.92 Å². The standard InChI is InChI=1S/C17H14N4O4/c1-9-5-24-17(25-9)16(7-19)13(15(16,6-18)14(20)21-17)10-2-3-11-12(4-10)23-8-22-11/h2-4,9,13H,5,8H2,1H3,(H2,20,21)/p+1/t9-,13+,15+,16+,17+/m0/s1. The van der Waals surface area contributed by atoms with Crippen LogP contribution in [0.2, 0.25) is 0 Å². The van der Waals surface area contributed by atoms with Crippen molar-refractivity contribution in [2.24, 2.45) is 16.6 Å². The molecule has 0 radical (unpaired) electrons. The number of fused-ring (bicyclic) bond motifs is 3. The van der Waals surface area contributed by atoms with Gasteiger partial charge in [-0.15, -0.1) is 0 Å². The summed E-state index contributed by atoms with van der Waals surface area (Å²) in [5, 5.41) is 20.1. The number of benzene rings is 1. The lowest BCUT2D eigenvalue weighted by atomic mass is 9.94. The summed E-state index contributed by atoms with van der Waals surface area (Å²) in [7, 11) is 0. The predicted octanol–water partition coefficient (Wildman–Crippen LogP) is -0.927. The Bertz CT molecular complexity index is 918. The summed E-state index contributed by atoms with van der Waals surface area (Å²) in [6.07, 6.45) is -0.210. The van der Waals surface area contributed by atoms with Gasteiger partial charge in [-0.25, -0.2) is 4.99 Å². The van der Waals surface area contributed by atoms with Crippen molar-refractivity contribution in [3.63, 3.8) is 0 Å². The Morgan fingerprint density at radius 2 is 2.04 bits per heavy atom. The molecule has 0 amide bonds. The summed E-state index contributed by atoms with van der Waals surface area (Å²) < 4.78 is 22.5.